The molecule has 216 valence electrons. The van der Waals surface area contributed by atoms with Gasteiger partial charge in [-0.05, 0) is 95.2 Å². The summed E-state index contributed by atoms with van der Waals surface area (Å²) in [5.74, 6) is 2.10. The molecule has 5 rings (SSSR count). The lowest BCUT2D eigenvalue weighted by molar-refractivity contribution is 0.0925. The van der Waals surface area contributed by atoms with E-state index in [1.54, 1.807) is 13.3 Å². The van der Waals surface area contributed by atoms with Gasteiger partial charge >= 0.3 is 0 Å². The summed E-state index contributed by atoms with van der Waals surface area (Å²) in [6.45, 7) is 3.35. The number of hydrogen-bond donors (Lipinski definition) is 2. The number of anilines is 2. The van der Waals surface area contributed by atoms with Gasteiger partial charge in [-0.15, -0.1) is 0 Å². The number of amides is 2. The lowest BCUT2D eigenvalue weighted by atomic mass is 9.96. The van der Waals surface area contributed by atoms with E-state index in [-0.39, 0.29) is 17.9 Å². The van der Waals surface area contributed by atoms with Crippen molar-refractivity contribution < 1.29 is 19.1 Å². The van der Waals surface area contributed by atoms with Gasteiger partial charge in [-0.1, -0.05) is 6.07 Å². The number of ether oxygens (including phenoxy) is 2. The molecule has 2 saturated heterocycles. The van der Waals surface area contributed by atoms with Crippen molar-refractivity contribution in [1.82, 2.24) is 15.2 Å². The van der Waals surface area contributed by atoms with Gasteiger partial charge in [0, 0.05) is 47.7 Å². The summed E-state index contributed by atoms with van der Waals surface area (Å²) in [6.07, 6.45) is 5.50. The summed E-state index contributed by atoms with van der Waals surface area (Å²) in [4.78, 5) is 35.0. The molecular formula is C32H39N5O4. The topological polar surface area (TPSA) is 96.0 Å². The quantitative estimate of drug-likeness (QED) is 0.378. The molecule has 9 heteroatoms. The van der Waals surface area contributed by atoms with Crippen LogP contribution in [-0.2, 0) is 0 Å². The number of benzene rings is 2. The van der Waals surface area contributed by atoms with E-state index in [1.807, 2.05) is 75.6 Å². The lowest BCUT2D eigenvalue weighted by Crippen LogP contribution is -2.50. The third-order valence-corrected chi connectivity index (χ3v) is 8.01. The van der Waals surface area contributed by atoms with Gasteiger partial charge in [-0.3, -0.25) is 9.59 Å². The first-order valence-electron chi connectivity index (χ1n) is 14.2. The Bertz CT molecular complexity index is 1350. The minimum absolute atomic E-state index is 0.0563. The van der Waals surface area contributed by atoms with Gasteiger partial charge in [0.1, 0.15) is 23.9 Å². The predicted octanol–water partition coefficient (Wildman–Crippen LogP) is 4.52. The van der Waals surface area contributed by atoms with Gasteiger partial charge < -0.3 is 29.9 Å². The van der Waals surface area contributed by atoms with E-state index in [4.69, 9.17) is 9.47 Å². The Morgan fingerprint density at radius 3 is 2.37 bits per heavy atom. The molecule has 1 unspecified atom stereocenters. The zero-order valence-corrected chi connectivity index (χ0v) is 24.2. The Morgan fingerprint density at radius 2 is 1.73 bits per heavy atom. The summed E-state index contributed by atoms with van der Waals surface area (Å²) in [5, 5.41) is 6.19. The first-order chi connectivity index (χ1) is 19.8. The van der Waals surface area contributed by atoms with Crippen LogP contribution in [-0.4, -0.2) is 74.2 Å². The number of carbonyl (C=O) groups excluding carboxylic acids is 2. The molecular weight excluding hydrogens is 518 g/mol. The van der Waals surface area contributed by atoms with Gasteiger partial charge in [0.05, 0.1) is 12.7 Å². The number of methoxy groups -OCH3 is 1. The molecule has 0 aliphatic carbocycles. The van der Waals surface area contributed by atoms with E-state index in [0.29, 0.717) is 35.5 Å². The first-order valence-corrected chi connectivity index (χ1v) is 14.2. The van der Waals surface area contributed by atoms with Crippen LogP contribution in [0, 0.1) is 6.92 Å². The molecule has 1 aromatic heterocycles. The van der Waals surface area contributed by atoms with E-state index >= 15 is 0 Å². The second kappa shape index (κ2) is 12.6. The highest BCUT2D eigenvalue weighted by Crippen LogP contribution is 2.38. The van der Waals surface area contributed by atoms with E-state index in [9.17, 15) is 9.59 Å². The number of aromatic nitrogens is 1. The summed E-state index contributed by atoms with van der Waals surface area (Å²) < 4.78 is 11.1. The highest BCUT2D eigenvalue weighted by molar-refractivity contribution is 6.04. The van der Waals surface area contributed by atoms with Crippen molar-refractivity contribution in [1.29, 1.82) is 0 Å². The van der Waals surface area contributed by atoms with Crippen molar-refractivity contribution in [2.45, 2.75) is 50.7 Å². The molecule has 3 heterocycles. The standard InChI is InChI=1S/C32H39N5O4/c1-21-28(6-5-7-29(21)40-4)32(39)35-24-18-25-11-12-26(19-24)37(25)30-15-8-22(20-33-30)31(38)34-23-9-13-27(14-10-23)41-17-16-36(2)3/h5-10,13-15,20,24-26H,11-12,16-19H2,1-4H3,(H,34,38)(H,35,39)/t24?,25-,26+. The van der Waals surface area contributed by atoms with Crippen LogP contribution < -0.4 is 25.0 Å². The average molecular weight is 558 g/mol. The second-order valence-corrected chi connectivity index (χ2v) is 11.1. The third-order valence-electron chi connectivity index (χ3n) is 8.01. The Labute approximate surface area is 241 Å². The van der Waals surface area contributed by atoms with Crippen molar-refractivity contribution in [3.05, 3.63) is 77.5 Å². The van der Waals surface area contributed by atoms with Crippen LogP contribution in [0.5, 0.6) is 11.5 Å². The van der Waals surface area contributed by atoms with Crippen LogP contribution in [0.3, 0.4) is 0 Å². The Hall–Kier alpha value is -4.11. The van der Waals surface area contributed by atoms with Crippen LogP contribution in [0.25, 0.3) is 0 Å². The molecule has 0 spiro atoms. The minimum Gasteiger partial charge on any atom is -0.496 e. The van der Waals surface area contributed by atoms with Crippen molar-refractivity contribution in [2.75, 3.05) is 44.6 Å². The molecule has 2 aromatic carbocycles. The maximum absolute atomic E-state index is 13.1. The monoisotopic (exact) mass is 557 g/mol. The average Bonchev–Trinajstić information content (AvgIpc) is 3.23. The van der Waals surface area contributed by atoms with Crippen LogP contribution in [0.1, 0.15) is 52.0 Å². The lowest BCUT2D eigenvalue weighted by Gasteiger charge is -2.40. The number of rotatable bonds is 10. The maximum atomic E-state index is 13.1. The van der Waals surface area contributed by atoms with E-state index < -0.39 is 0 Å². The molecule has 2 aliphatic rings. The van der Waals surface area contributed by atoms with Crippen LogP contribution in [0.4, 0.5) is 11.5 Å². The van der Waals surface area contributed by atoms with E-state index in [0.717, 1.165) is 55.1 Å². The maximum Gasteiger partial charge on any atom is 0.257 e. The van der Waals surface area contributed by atoms with Crippen molar-refractivity contribution in [3.63, 3.8) is 0 Å². The minimum atomic E-state index is -0.206. The fraction of sp³-hybridized carbons (Fsp3) is 0.406. The first kappa shape index (κ1) is 28.4. The number of fused-ring (bicyclic) bond motifs is 2. The Kier molecular flexibility index (Phi) is 8.73. The zero-order chi connectivity index (χ0) is 28.9. The van der Waals surface area contributed by atoms with Crippen LogP contribution >= 0.6 is 0 Å². The Morgan fingerprint density at radius 1 is 1.00 bits per heavy atom. The van der Waals surface area contributed by atoms with E-state index in [2.05, 4.69) is 25.4 Å². The number of pyridine rings is 1. The molecule has 2 aliphatic heterocycles. The Balaban J connectivity index is 1.16. The molecule has 2 bridgehead atoms. The fourth-order valence-electron chi connectivity index (χ4n) is 5.87. The van der Waals surface area contributed by atoms with Crippen LogP contribution in [0.2, 0.25) is 0 Å². The highest BCUT2D eigenvalue weighted by atomic mass is 16.5. The van der Waals surface area contributed by atoms with Gasteiger partial charge in [-0.25, -0.2) is 4.98 Å². The van der Waals surface area contributed by atoms with Gasteiger partial charge in [0.25, 0.3) is 11.8 Å². The molecule has 2 N–H and O–H groups in total. The van der Waals surface area contributed by atoms with Gasteiger partial charge in [0.2, 0.25) is 0 Å². The molecule has 3 aromatic rings. The number of hydrogen-bond acceptors (Lipinski definition) is 7. The summed E-state index contributed by atoms with van der Waals surface area (Å²) >= 11 is 0. The summed E-state index contributed by atoms with van der Waals surface area (Å²) in [5.41, 5.74) is 2.70. The molecule has 41 heavy (non-hydrogen) atoms. The predicted molar refractivity (Wildman–Crippen MR) is 160 cm³/mol. The molecule has 2 amide bonds. The van der Waals surface area contributed by atoms with Gasteiger partial charge in [0.15, 0.2) is 0 Å². The number of piperidine rings is 1. The van der Waals surface area contributed by atoms with Crippen LogP contribution in [0.15, 0.2) is 60.8 Å². The number of nitrogens with one attached hydrogen (secondary N) is 2. The normalized spacial score (nSPS) is 19.6. The molecule has 2 fully saturated rings. The smallest absolute Gasteiger partial charge is 0.257 e. The van der Waals surface area contributed by atoms with E-state index in [1.165, 1.54) is 0 Å². The molecule has 0 radical (unpaired) electrons. The largest absolute Gasteiger partial charge is 0.496 e. The SMILES string of the molecule is COc1cccc(C(=O)NC2C[C@H]3CC[C@@H](C2)N3c2ccc(C(=O)Nc3ccc(OCCN(C)C)cc3)cn2)c1C. The molecule has 0 saturated carbocycles. The number of carbonyl (C=O) groups is 2. The fourth-order valence-corrected chi connectivity index (χ4v) is 5.87. The number of nitrogens with zero attached hydrogens (tertiary/aromatic N) is 3. The summed E-state index contributed by atoms with van der Waals surface area (Å²) in [6, 6.07) is 17.4. The van der Waals surface area contributed by atoms with Crippen molar-refractivity contribution in [2.24, 2.45) is 0 Å². The second-order valence-electron chi connectivity index (χ2n) is 11.1. The van der Waals surface area contributed by atoms with Crippen molar-refractivity contribution >= 4 is 23.3 Å². The number of likely N-dealkylation sites (N-methyl/N-ethyl adjacent to an activating group) is 1. The molecule has 9 nitrogen and oxygen atoms in total. The third kappa shape index (κ3) is 6.62. The summed E-state index contributed by atoms with van der Waals surface area (Å²) in [7, 11) is 5.62. The zero-order valence-electron chi connectivity index (χ0n) is 24.2. The highest BCUT2D eigenvalue weighted by Gasteiger charge is 2.42. The molecule has 3 atom stereocenters. The van der Waals surface area contributed by atoms with Gasteiger partial charge in [-0.2, -0.15) is 0 Å². The van der Waals surface area contributed by atoms with Crippen molar-refractivity contribution in [3.8, 4) is 11.5 Å².